The molecule has 0 unspecified atom stereocenters. The summed E-state index contributed by atoms with van der Waals surface area (Å²) in [5.74, 6) is 1.32. The second kappa shape index (κ2) is 9.43. The largest absolute Gasteiger partial charge is 0.497 e. The zero-order chi connectivity index (χ0) is 20.8. The fourth-order valence-corrected chi connectivity index (χ4v) is 3.69. The van der Waals surface area contributed by atoms with Gasteiger partial charge in [0.1, 0.15) is 5.75 Å². The lowest BCUT2D eigenvalue weighted by Crippen LogP contribution is -2.43. The number of carbonyl (C=O) groups is 1. The van der Waals surface area contributed by atoms with Gasteiger partial charge >= 0.3 is 6.01 Å². The van der Waals surface area contributed by atoms with E-state index in [1.807, 2.05) is 47.4 Å². The van der Waals surface area contributed by atoms with E-state index >= 15 is 0 Å². The predicted molar refractivity (Wildman–Crippen MR) is 114 cm³/mol. The first-order chi connectivity index (χ1) is 14.7. The first-order valence-corrected chi connectivity index (χ1v) is 10.3. The van der Waals surface area contributed by atoms with Crippen molar-refractivity contribution in [1.82, 2.24) is 15.5 Å². The molecule has 3 aromatic rings. The summed E-state index contributed by atoms with van der Waals surface area (Å²) in [6.07, 6.45) is 2.61. The molecular formula is C23H26N4O3. The number of aromatic nitrogens is 2. The molecule has 0 bridgehead atoms. The van der Waals surface area contributed by atoms with Gasteiger partial charge in [0.15, 0.2) is 0 Å². The van der Waals surface area contributed by atoms with E-state index in [1.165, 1.54) is 5.56 Å². The van der Waals surface area contributed by atoms with Gasteiger partial charge in [0.25, 0.3) is 0 Å². The van der Waals surface area contributed by atoms with Crippen LogP contribution in [-0.2, 0) is 11.2 Å². The van der Waals surface area contributed by atoms with E-state index in [9.17, 15) is 4.79 Å². The van der Waals surface area contributed by atoms with Crippen LogP contribution in [0.25, 0.3) is 11.4 Å². The zero-order valence-corrected chi connectivity index (χ0v) is 17.1. The van der Waals surface area contributed by atoms with Crippen LogP contribution < -0.4 is 15.0 Å². The van der Waals surface area contributed by atoms with Crippen LogP contribution in [0.2, 0.25) is 0 Å². The molecule has 0 saturated carbocycles. The third-order valence-electron chi connectivity index (χ3n) is 5.38. The van der Waals surface area contributed by atoms with Crippen molar-refractivity contribution in [2.45, 2.75) is 19.3 Å². The van der Waals surface area contributed by atoms with Crippen LogP contribution in [0.3, 0.4) is 0 Å². The molecular weight excluding hydrogens is 380 g/mol. The molecule has 2 heterocycles. The number of amides is 1. The Morgan fingerprint density at radius 1 is 1.20 bits per heavy atom. The number of hydrogen-bond donors (Lipinski definition) is 1. The number of piperidine rings is 1. The van der Waals surface area contributed by atoms with E-state index in [0.717, 1.165) is 37.1 Å². The summed E-state index contributed by atoms with van der Waals surface area (Å²) < 4.78 is 10.7. The smallest absolute Gasteiger partial charge is 0.324 e. The Kier molecular flexibility index (Phi) is 6.27. The summed E-state index contributed by atoms with van der Waals surface area (Å²) in [6.45, 7) is 2.03. The highest BCUT2D eigenvalue weighted by Crippen LogP contribution is 2.25. The summed E-state index contributed by atoms with van der Waals surface area (Å²) in [5.41, 5.74) is 2.08. The van der Waals surface area contributed by atoms with Gasteiger partial charge in [0.05, 0.1) is 13.0 Å². The van der Waals surface area contributed by atoms with Gasteiger partial charge < -0.3 is 19.5 Å². The summed E-state index contributed by atoms with van der Waals surface area (Å²) in [7, 11) is 1.63. The Labute approximate surface area is 176 Å². The zero-order valence-electron chi connectivity index (χ0n) is 17.1. The van der Waals surface area contributed by atoms with Gasteiger partial charge in [-0.25, -0.2) is 0 Å². The number of nitrogens with one attached hydrogen (secondary N) is 1. The van der Waals surface area contributed by atoms with Gasteiger partial charge in [-0.05, 0) is 49.1 Å². The first-order valence-electron chi connectivity index (χ1n) is 10.3. The highest BCUT2D eigenvalue weighted by Gasteiger charge is 2.28. The van der Waals surface area contributed by atoms with E-state index in [1.54, 1.807) is 7.11 Å². The second-order valence-electron chi connectivity index (χ2n) is 7.44. The lowest BCUT2D eigenvalue weighted by atomic mass is 9.97. The molecule has 0 radical (unpaired) electrons. The molecule has 1 N–H and O–H groups in total. The lowest BCUT2D eigenvalue weighted by molar-refractivity contribution is -0.125. The van der Waals surface area contributed by atoms with Gasteiger partial charge in [0.2, 0.25) is 11.7 Å². The van der Waals surface area contributed by atoms with Crippen molar-refractivity contribution in [2.24, 2.45) is 5.92 Å². The second-order valence-corrected chi connectivity index (χ2v) is 7.44. The summed E-state index contributed by atoms with van der Waals surface area (Å²) >= 11 is 0. The molecule has 1 atom stereocenters. The molecule has 1 saturated heterocycles. The molecule has 2 aromatic carbocycles. The van der Waals surface area contributed by atoms with Crippen LogP contribution in [0.5, 0.6) is 5.75 Å². The molecule has 7 heteroatoms. The molecule has 156 valence electrons. The summed E-state index contributed by atoms with van der Waals surface area (Å²) in [4.78, 5) is 19.2. The van der Waals surface area contributed by atoms with E-state index in [4.69, 9.17) is 9.26 Å². The number of rotatable bonds is 7. The predicted octanol–water partition coefficient (Wildman–Crippen LogP) is 3.32. The molecule has 1 aliphatic rings. The number of benzene rings is 2. The monoisotopic (exact) mass is 406 g/mol. The highest BCUT2D eigenvalue weighted by molar-refractivity contribution is 5.79. The number of methoxy groups -OCH3 is 1. The molecule has 1 fully saturated rings. The standard InChI is InChI=1S/C23H26N4O3/c1-29-20-11-9-18(10-12-20)21-25-23(30-26-21)27-15-5-8-19(16-27)22(28)24-14-13-17-6-3-2-4-7-17/h2-4,6-7,9-12,19H,5,8,13-16H2,1H3,(H,24,28)/t19-/m0/s1. The van der Waals surface area contributed by atoms with Crippen LogP contribution in [0.15, 0.2) is 59.1 Å². The van der Waals surface area contributed by atoms with Crippen molar-refractivity contribution in [3.8, 4) is 17.1 Å². The Hall–Kier alpha value is -3.35. The Morgan fingerprint density at radius 2 is 2.00 bits per heavy atom. The van der Waals surface area contributed by atoms with E-state index in [-0.39, 0.29) is 11.8 Å². The van der Waals surface area contributed by atoms with Gasteiger partial charge in [-0.3, -0.25) is 4.79 Å². The fourth-order valence-electron chi connectivity index (χ4n) is 3.69. The minimum Gasteiger partial charge on any atom is -0.497 e. The molecule has 1 aliphatic heterocycles. The highest BCUT2D eigenvalue weighted by atomic mass is 16.5. The maximum atomic E-state index is 12.6. The van der Waals surface area contributed by atoms with E-state index in [0.29, 0.717) is 24.9 Å². The number of hydrogen-bond acceptors (Lipinski definition) is 6. The van der Waals surface area contributed by atoms with Crippen LogP contribution >= 0.6 is 0 Å². The van der Waals surface area contributed by atoms with Crippen molar-refractivity contribution in [3.05, 3.63) is 60.2 Å². The normalized spacial score (nSPS) is 16.3. The maximum Gasteiger partial charge on any atom is 0.324 e. The minimum absolute atomic E-state index is 0.0779. The Balaban J connectivity index is 1.33. The Bertz CT molecular complexity index is 956. The minimum atomic E-state index is -0.0779. The average molecular weight is 406 g/mol. The van der Waals surface area contributed by atoms with E-state index < -0.39 is 0 Å². The number of carbonyl (C=O) groups excluding carboxylic acids is 1. The SMILES string of the molecule is COc1ccc(-c2noc(N3CCC[C@H](C(=O)NCCc4ccccc4)C3)n2)cc1. The van der Waals surface area contributed by atoms with Gasteiger partial charge in [-0.2, -0.15) is 4.98 Å². The van der Waals surface area contributed by atoms with Gasteiger partial charge in [-0.1, -0.05) is 35.5 Å². The quantitative estimate of drug-likeness (QED) is 0.648. The molecule has 4 rings (SSSR count). The number of nitrogens with zero attached hydrogens (tertiary/aromatic N) is 3. The van der Waals surface area contributed by atoms with Crippen molar-refractivity contribution >= 4 is 11.9 Å². The van der Waals surface area contributed by atoms with Crippen molar-refractivity contribution in [3.63, 3.8) is 0 Å². The Morgan fingerprint density at radius 3 is 2.77 bits per heavy atom. The third-order valence-corrected chi connectivity index (χ3v) is 5.38. The van der Waals surface area contributed by atoms with Gasteiger partial charge in [-0.15, -0.1) is 0 Å². The van der Waals surface area contributed by atoms with Crippen LogP contribution in [0.4, 0.5) is 6.01 Å². The lowest BCUT2D eigenvalue weighted by Gasteiger charge is -2.30. The topological polar surface area (TPSA) is 80.5 Å². The maximum absolute atomic E-state index is 12.6. The fraction of sp³-hybridized carbons (Fsp3) is 0.348. The summed E-state index contributed by atoms with van der Waals surface area (Å²) in [5, 5.41) is 7.17. The first kappa shape index (κ1) is 19.9. The molecule has 1 amide bonds. The summed E-state index contributed by atoms with van der Waals surface area (Å²) in [6, 6.07) is 18.2. The van der Waals surface area contributed by atoms with E-state index in [2.05, 4.69) is 27.6 Å². The van der Waals surface area contributed by atoms with Gasteiger partial charge in [0, 0.05) is 25.2 Å². The molecule has 0 spiro atoms. The van der Waals surface area contributed by atoms with Crippen molar-refractivity contribution in [1.29, 1.82) is 0 Å². The third kappa shape index (κ3) is 4.79. The average Bonchev–Trinajstić information content (AvgIpc) is 3.30. The van der Waals surface area contributed by atoms with Crippen molar-refractivity contribution in [2.75, 3.05) is 31.6 Å². The molecule has 30 heavy (non-hydrogen) atoms. The van der Waals surface area contributed by atoms with Crippen molar-refractivity contribution < 1.29 is 14.1 Å². The van der Waals surface area contributed by atoms with Crippen LogP contribution in [0.1, 0.15) is 18.4 Å². The molecule has 0 aliphatic carbocycles. The number of ether oxygens (including phenoxy) is 1. The number of anilines is 1. The van der Waals surface area contributed by atoms with Crippen LogP contribution in [0, 0.1) is 5.92 Å². The molecule has 1 aromatic heterocycles. The molecule has 7 nitrogen and oxygen atoms in total. The van der Waals surface area contributed by atoms with Crippen LogP contribution in [-0.4, -0.2) is 42.8 Å².